The van der Waals surface area contributed by atoms with Crippen LogP contribution >= 0.6 is 10.5 Å². The number of benzene rings is 1. The molecule has 2 rings (SSSR count). The summed E-state index contributed by atoms with van der Waals surface area (Å²) >= 11 is 0. The number of allylic oxidation sites excluding steroid dienone is 1. The van der Waals surface area contributed by atoms with Crippen LogP contribution in [0.4, 0.5) is 19.1 Å². The third kappa shape index (κ3) is 7.59. The number of rotatable bonds is 6. The van der Waals surface area contributed by atoms with Gasteiger partial charge in [-0.15, -0.1) is 0 Å². The Morgan fingerprint density at radius 1 is 1.17 bits per heavy atom. The molecule has 0 aliphatic rings. The predicted molar refractivity (Wildman–Crippen MR) is 123 cm³/mol. The van der Waals surface area contributed by atoms with Gasteiger partial charge in [0, 0.05) is 34.8 Å². The van der Waals surface area contributed by atoms with Crippen LogP contribution in [0.2, 0.25) is 0 Å². The molecule has 3 nitrogen and oxygen atoms in total. The lowest BCUT2D eigenvalue weighted by Gasteiger charge is -2.28. The molecule has 166 valence electrons. The van der Waals surface area contributed by atoms with Gasteiger partial charge in [0.25, 0.3) is 0 Å². The summed E-state index contributed by atoms with van der Waals surface area (Å²) in [5.74, 6) is 4.77. The van der Waals surface area contributed by atoms with E-state index in [0.29, 0.717) is 10.8 Å². The van der Waals surface area contributed by atoms with Gasteiger partial charge < -0.3 is 4.90 Å². The maximum atomic E-state index is 12.7. The third-order valence-corrected chi connectivity index (χ3v) is 6.97. The van der Waals surface area contributed by atoms with Crippen LogP contribution in [-0.2, 0) is 6.18 Å². The highest BCUT2D eigenvalue weighted by Crippen LogP contribution is 2.42. The van der Waals surface area contributed by atoms with Gasteiger partial charge in [-0.1, -0.05) is 45.7 Å². The zero-order valence-corrected chi connectivity index (χ0v) is 19.5. The number of nitrogens with zero attached hydrogens (tertiary/aromatic N) is 3. The maximum absolute atomic E-state index is 12.7. The number of halogens is 3. The first-order chi connectivity index (χ1) is 13.8. The van der Waals surface area contributed by atoms with Crippen molar-refractivity contribution in [2.45, 2.75) is 63.3 Å². The number of hydrogen-bond acceptors (Lipinski definition) is 3. The fourth-order valence-electron chi connectivity index (χ4n) is 2.60. The molecule has 0 saturated carbocycles. The molecule has 0 aliphatic carbocycles. The number of hydrogen-bond donors (Lipinski definition) is 0. The zero-order chi connectivity index (χ0) is 23.1. The quantitative estimate of drug-likeness (QED) is 0.450. The molecule has 1 aromatic carbocycles. The minimum absolute atomic E-state index is 0.0705. The lowest BCUT2D eigenvalue weighted by atomic mass is 10.1. The average molecular weight is 440 g/mol. The average Bonchev–Trinajstić information content (AvgIpc) is 2.67. The Bertz CT molecular complexity index is 859. The molecule has 0 bridgehead atoms. The van der Waals surface area contributed by atoms with E-state index in [0.717, 1.165) is 30.2 Å². The van der Waals surface area contributed by atoms with E-state index in [2.05, 4.69) is 43.2 Å². The Hall–Kier alpha value is -2.15. The maximum Gasteiger partial charge on any atom is 0.416 e. The summed E-state index contributed by atoms with van der Waals surface area (Å²) in [5, 5.41) is 0. The first kappa shape index (κ1) is 25.9. The second-order valence-corrected chi connectivity index (χ2v) is 10.1. The molecule has 0 radical (unpaired) electrons. The fraction of sp³-hybridized carbons (Fsp3) is 0.435. The molecule has 7 heteroatoms. The van der Waals surface area contributed by atoms with Crippen molar-refractivity contribution in [3.8, 4) is 0 Å². The molecular weight excluding hydrogens is 407 g/mol. The van der Waals surface area contributed by atoms with Gasteiger partial charge in [0.05, 0.1) is 5.56 Å². The second-order valence-electron chi connectivity index (χ2n) is 7.78. The fourth-order valence-corrected chi connectivity index (χ4v) is 4.20. The van der Waals surface area contributed by atoms with Crippen molar-refractivity contribution in [2.24, 2.45) is 0 Å². The first-order valence-corrected chi connectivity index (χ1v) is 11.1. The summed E-state index contributed by atoms with van der Waals surface area (Å²) in [5.41, 5.74) is 1.40. The lowest BCUT2D eigenvalue weighted by molar-refractivity contribution is -0.137. The monoisotopic (exact) mass is 439 g/mol. The topological polar surface area (TPSA) is 29.0 Å². The van der Waals surface area contributed by atoms with Crippen molar-refractivity contribution < 1.29 is 13.2 Å². The summed E-state index contributed by atoms with van der Waals surface area (Å²) in [7, 11) is 1.46. The van der Waals surface area contributed by atoms with Gasteiger partial charge in [0.2, 0.25) is 5.95 Å². The SMILES string of the molecule is C=C(C)N(C)c1ncc(C)cn1.C=S(c1cccc(C(F)(F)F)c1)C(C)(C)CCC. The highest BCUT2D eigenvalue weighted by Gasteiger charge is 2.31. The molecule has 1 unspecified atom stereocenters. The Morgan fingerprint density at radius 3 is 2.20 bits per heavy atom. The largest absolute Gasteiger partial charge is 0.416 e. The lowest BCUT2D eigenvalue weighted by Crippen LogP contribution is -2.16. The van der Waals surface area contributed by atoms with E-state index >= 15 is 0 Å². The Kier molecular flexibility index (Phi) is 9.28. The molecule has 1 heterocycles. The van der Waals surface area contributed by atoms with Crippen molar-refractivity contribution in [2.75, 3.05) is 11.9 Å². The number of aryl methyl sites for hydroxylation is 1. The highest BCUT2D eigenvalue weighted by atomic mass is 32.2. The molecule has 0 aliphatic heterocycles. The molecule has 1 atom stereocenters. The van der Waals surface area contributed by atoms with Crippen molar-refractivity contribution in [1.29, 1.82) is 0 Å². The predicted octanol–water partition coefficient (Wildman–Crippen LogP) is 7.10. The summed E-state index contributed by atoms with van der Waals surface area (Å²) < 4.78 is 37.9. The summed E-state index contributed by atoms with van der Waals surface area (Å²) in [6.07, 6.45) is 1.26. The van der Waals surface area contributed by atoms with E-state index < -0.39 is 22.2 Å². The molecule has 0 amide bonds. The van der Waals surface area contributed by atoms with Crippen molar-refractivity contribution in [3.63, 3.8) is 0 Å². The van der Waals surface area contributed by atoms with E-state index in [9.17, 15) is 13.2 Å². The van der Waals surface area contributed by atoms with E-state index in [1.807, 2.05) is 25.8 Å². The summed E-state index contributed by atoms with van der Waals surface area (Å²) in [4.78, 5) is 10.8. The summed E-state index contributed by atoms with van der Waals surface area (Å²) in [6.45, 7) is 13.9. The van der Waals surface area contributed by atoms with Crippen molar-refractivity contribution in [3.05, 3.63) is 60.1 Å². The number of anilines is 1. The normalized spacial score (nSPS) is 12.6. The van der Waals surface area contributed by atoms with Gasteiger partial charge in [-0.25, -0.2) is 9.97 Å². The minimum Gasteiger partial charge on any atom is -0.318 e. The van der Waals surface area contributed by atoms with Crippen molar-refractivity contribution in [1.82, 2.24) is 9.97 Å². The van der Waals surface area contributed by atoms with E-state index in [4.69, 9.17) is 0 Å². The number of alkyl halides is 3. The highest BCUT2D eigenvalue weighted by molar-refractivity contribution is 8.15. The summed E-state index contributed by atoms with van der Waals surface area (Å²) in [6, 6.07) is 5.54. The van der Waals surface area contributed by atoms with E-state index in [1.54, 1.807) is 18.5 Å². The first-order valence-electron chi connectivity index (χ1n) is 9.68. The van der Waals surface area contributed by atoms with Crippen LogP contribution in [0.3, 0.4) is 0 Å². The molecule has 1 aromatic heterocycles. The molecule has 30 heavy (non-hydrogen) atoms. The molecule has 0 fully saturated rings. The van der Waals surface area contributed by atoms with Crippen LogP contribution in [-0.4, -0.2) is 27.6 Å². The van der Waals surface area contributed by atoms with Crippen LogP contribution < -0.4 is 4.90 Å². The van der Waals surface area contributed by atoms with Gasteiger partial charge in [-0.3, -0.25) is 0 Å². The molecule has 0 saturated heterocycles. The standard InChI is InChI=1S/C14H19F3S.C9H13N3/c1-5-9-13(2,3)18(4)12-8-6-7-11(10-12)14(15,16)17;1-7(2)12(4)9-10-5-8(3)6-11-9/h6-8,10H,4-5,9H2,1-3H3;5-6H,1H2,2-4H3. The number of aromatic nitrogens is 2. The van der Waals surface area contributed by atoms with Gasteiger partial charge in [-0.2, -0.15) is 23.7 Å². The Morgan fingerprint density at radius 2 is 1.73 bits per heavy atom. The van der Waals surface area contributed by atoms with Gasteiger partial charge in [0.15, 0.2) is 0 Å². The van der Waals surface area contributed by atoms with Crippen molar-refractivity contribution >= 4 is 22.3 Å². The van der Waals surface area contributed by atoms with Gasteiger partial charge in [-0.05, 0) is 44.0 Å². The zero-order valence-electron chi connectivity index (χ0n) is 18.7. The van der Waals surface area contributed by atoms with E-state index in [-0.39, 0.29) is 4.75 Å². The van der Waals surface area contributed by atoms with E-state index in [1.165, 1.54) is 12.1 Å². The van der Waals surface area contributed by atoms with Crippen LogP contribution in [0.5, 0.6) is 0 Å². The van der Waals surface area contributed by atoms with Crippen LogP contribution in [0.25, 0.3) is 0 Å². The minimum atomic E-state index is -4.28. The molecule has 2 aromatic rings. The third-order valence-electron chi connectivity index (χ3n) is 4.60. The molecule has 0 N–H and O–H groups in total. The Labute approximate surface area is 181 Å². The van der Waals surface area contributed by atoms with Crippen LogP contribution in [0.15, 0.2) is 53.8 Å². The van der Waals surface area contributed by atoms with Crippen LogP contribution in [0, 0.1) is 6.92 Å². The van der Waals surface area contributed by atoms with Crippen LogP contribution in [0.1, 0.15) is 51.7 Å². The Balaban J connectivity index is 0.000000325. The molecule has 0 spiro atoms. The second kappa shape index (κ2) is 10.8. The molecular formula is C23H32F3N3S. The van der Waals surface area contributed by atoms with Gasteiger partial charge in [0.1, 0.15) is 0 Å². The smallest absolute Gasteiger partial charge is 0.318 e. The van der Waals surface area contributed by atoms with Gasteiger partial charge >= 0.3 is 6.18 Å².